The van der Waals surface area contributed by atoms with Crippen molar-refractivity contribution in [3.8, 4) is 0 Å². The third-order valence-electron chi connectivity index (χ3n) is 3.23. The summed E-state index contributed by atoms with van der Waals surface area (Å²) in [7, 11) is 0. The van der Waals surface area contributed by atoms with Crippen LogP contribution in [0.1, 0.15) is 21.5 Å². The highest BCUT2D eigenvalue weighted by molar-refractivity contribution is 6.33. The highest BCUT2D eigenvalue weighted by Gasteiger charge is 2.11. The number of hydrogen-bond donors (Lipinski definition) is 2. The van der Waals surface area contributed by atoms with Crippen molar-refractivity contribution in [1.29, 1.82) is 0 Å². The molecule has 0 saturated heterocycles. The summed E-state index contributed by atoms with van der Waals surface area (Å²) in [6.45, 7) is 3.25. The van der Waals surface area contributed by atoms with Crippen LogP contribution in [-0.2, 0) is 4.79 Å². The van der Waals surface area contributed by atoms with Crippen molar-refractivity contribution in [2.24, 2.45) is 0 Å². The SMILES string of the molecule is Cc1ccc(NC(=O)CNC(=O)c2ccc(F)c(C)c2)c(Cl)c1. The van der Waals surface area contributed by atoms with Crippen LogP contribution >= 0.6 is 11.6 Å². The zero-order valence-corrected chi connectivity index (χ0v) is 13.5. The molecule has 0 saturated carbocycles. The maximum absolute atomic E-state index is 13.2. The molecule has 0 atom stereocenters. The summed E-state index contributed by atoms with van der Waals surface area (Å²) >= 11 is 6.03. The van der Waals surface area contributed by atoms with Crippen LogP contribution in [0.4, 0.5) is 10.1 Å². The predicted molar refractivity (Wildman–Crippen MR) is 88.3 cm³/mol. The third-order valence-corrected chi connectivity index (χ3v) is 3.54. The van der Waals surface area contributed by atoms with E-state index >= 15 is 0 Å². The fourth-order valence-corrected chi connectivity index (χ4v) is 2.25. The van der Waals surface area contributed by atoms with Gasteiger partial charge in [0.05, 0.1) is 17.3 Å². The monoisotopic (exact) mass is 334 g/mol. The Bertz CT molecular complexity index is 762. The van der Waals surface area contributed by atoms with Gasteiger partial charge in [-0.15, -0.1) is 0 Å². The number of anilines is 1. The molecule has 0 aliphatic rings. The lowest BCUT2D eigenvalue weighted by atomic mass is 10.1. The van der Waals surface area contributed by atoms with E-state index in [-0.39, 0.29) is 12.4 Å². The number of amides is 2. The van der Waals surface area contributed by atoms with Crippen molar-refractivity contribution in [3.63, 3.8) is 0 Å². The molecule has 0 aliphatic carbocycles. The van der Waals surface area contributed by atoms with Crippen LogP contribution in [0.3, 0.4) is 0 Å². The van der Waals surface area contributed by atoms with Crippen LogP contribution in [0, 0.1) is 19.7 Å². The molecular formula is C17H16ClFN2O2. The Morgan fingerprint density at radius 3 is 2.52 bits per heavy atom. The lowest BCUT2D eigenvalue weighted by molar-refractivity contribution is -0.115. The van der Waals surface area contributed by atoms with Crippen molar-refractivity contribution in [1.82, 2.24) is 5.32 Å². The molecule has 23 heavy (non-hydrogen) atoms. The smallest absolute Gasteiger partial charge is 0.251 e. The Morgan fingerprint density at radius 1 is 1.13 bits per heavy atom. The average molecular weight is 335 g/mol. The summed E-state index contributed by atoms with van der Waals surface area (Å²) in [4.78, 5) is 23.8. The van der Waals surface area contributed by atoms with E-state index in [2.05, 4.69) is 10.6 Å². The Kier molecular flexibility index (Phi) is 5.34. The summed E-state index contributed by atoms with van der Waals surface area (Å²) in [6.07, 6.45) is 0. The Hall–Kier alpha value is -2.40. The second-order valence-electron chi connectivity index (χ2n) is 5.18. The van der Waals surface area contributed by atoms with Gasteiger partial charge in [0.25, 0.3) is 5.91 Å². The maximum Gasteiger partial charge on any atom is 0.251 e. The summed E-state index contributed by atoms with van der Waals surface area (Å²) in [6, 6.07) is 9.27. The molecule has 0 unspecified atom stereocenters. The van der Waals surface area contributed by atoms with Gasteiger partial charge in [0.1, 0.15) is 5.82 Å². The quantitative estimate of drug-likeness (QED) is 0.899. The highest BCUT2D eigenvalue weighted by atomic mass is 35.5. The highest BCUT2D eigenvalue weighted by Crippen LogP contribution is 2.22. The van der Waals surface area contributed by atoms with E-state index in [9.17, 15) is 14.0 Å². The fourth-order valence-electron chi connectivity index (χ4n) is 1.96. The van der Waals surface area contributed by atoms with Gasteiger partial charge >= 0.3 is 0 Å². The number of halogens is 2. The summed E-state index contributed by atoms with van der Waals surface area (Å²) in [5.74, 6) is -1.23. The average Bonchev–Trinajstić information content (AvgIpc) is 2.50. The second kappa shape index (κ2) is 7.24. The molecule has 0 fully saturated rings. The first-order valence-corrected chi connectivity index (χ1v) is 7.35. The molecule has 0 heterocycles. The number of rotatable bonds is 4. The van der Waals surface area contributed by atoms with Gasteiger partial charge in [-0.1, -0.05) is 17.7 Å². The van der Waals surface area contributed by atoms with Gasteiger partial charge in [-0.25, -0.2) is 4.39 Å². The Morgan fingerprint density at radius 2 is 1.87 bits per heavy atom. The van der Waals surface area contributed by atoms with Gasteiger partial charge in [0.15, 0.2) is 0 Å². The van der Waals surface area contributed by atoms with E-state index in [1.165, 1.54) is 18.2 Å². The minimum atomic E-state index is -0.446. The number of carbonyl (C=O) groups is 2. The van der Waals surface area contributed by atoms with Crippen LogP contribution in [0.2, 0.25) is 5.02 Å². The lowest BCUT2D eigenvalue weighted by Gasteiger charge is -2.09. The number of carbonyl (C=O) groups excluding carboxylic acids is 2. The molecule has 2 N–H and O–H groups in total. The molecule has 2 amide bonds. The van der Waals surface area contributed by atoms with Gasteiger partial charge in [0.2, 0.25) is 5.91 Å². The second-order valence-corrected chi connectivity index (χ2v) is 5.59. The minimum absolute atomic E-state index is 0.209. The van der Waals surface area contributed by atoms with E-state index in [1.807, 2.05) is 13.0 Å². The molecule has 0 spiro atoms. The molecule has 0 aromatic heterocycles. The summed E-state index contributed by atoms with van der Waals surface area (Å²) < 4.78 is 13.2. The van der Waals surface area contributed by atoms with E-state index < -0.39 is 11.8 Å². The van der Waals surface area contributed by atoms with Crippen molar-refractivity contribution >= 4 is 29.1 Å². The van der Waals surface area contributed by atoms with Crippen LogP contribution in [0.15, 0.2) is 36.4 Å². The molecule has 4 nitrogen and oxygen atoms in total. The Balaban J connectivity index is 1.93. The molecule has 2 aromatic rings. The molecule has 2 aromatic carbocycles. The summed E-state index contributed by atoms with van der Waals surface area (Å²) in [5.41, 5.74) is 2.13. The van der Waals surface area contributed by atoms with Gasteiger partial charge in [0, 0.05) is 5.56 Å². The third kappa shape index (κ3) is 4.53. The van der Waals surface area contributed by atoms with Gasteiger partial charge in [-0.05, 0) is 55.3 Å². The molecular weight excluding hydrogens is 319 g/mol. The summed E-state index contributed by atoms with van der Waals surface area (Å²) in [5, 5.41) is 5.53. The predicted octanol–water partition coefficient (Wildman–Crippen LogP) is 3.46. The van der Waals surface area contributed by atoms with Crippen LogP contribution in [0.25, 0.3) is 0 Å². The Labute approximate surface area is 138 Å². The molecule has 0 bridgehead atoms. The molecule has 6 heteroatoms. The van der Waals surface area contributed by atoms with E-state index in [0.717, 1.165) is 5.56 Å². The van der Waals surface area contributed by atoms with Crippen molar-refractivity contribution in [2.45, 2.75) is 13.8 Å². The number of aryl methyl sites for hydroxylation is 2. The lowest BCUT2D eigenvalue weighted by Crippen LogP contribution is -2.33. The number of hydrogen-bond acceptors (Lipinski definition) is 2. The van der Waals surface area contributed by atoms with Crippen molar-refractivity contribution < 1.29 is 14.0 Å². The topological polar surface area (TPSA) is 58.2 Å². The van der Waals surface area contributed by atoms with Gasteiger partial charge in [-0.3, -0.25) is 9.59 Å². The zero-order chi connectivity index (χ0) is 17.0. The molecule has 2 rings (SSSR count). The van der Waals surface area contributed by atoms with Gasteiger partial charge in [-0.2, -0.15) is 0 Å². The standard InChI is InChI=1S/C17H16ClFN2O2/c1-10-3-6-15(13(18)7-10)21-16(22)9-20-17(23)12-4-5-14(19)11(2)8-12/h3-8H,9H2,1-2H3,(H,20,23)(H,21,22). The molecule has 0 radical (unpaired) electrons. The van der Waals surface area contributed by atoms with Crippen molar-refractivity contribution in [2.75, 3.05) is 11.9 Å². The first-order chi connectivity index (χ1) is 10.9. The molecule has 120 valence electrons. The van der Waals surface area contributed by atoms with E-state index in [1.54, 1.807) is 19.1 Å². The van der Waals surface area contributed by atoms with Crippen LogP contribution in [0.5, 0.6) is 0 Å². The van der Waals surface area contributed by atoms with E-state index in [0.29, 0.717) is 21.8 Å². The largest absolute Gasteiger partial charge is 0.343 e. The van der Waals surface area contributed by atoms with Crippen LogP contribution < -0.4 is 10.6 Å². The number of benzene rings is 2. The first kappa shape index (κ1) is 17.0. The zero-order valence-electron chi connectivity index (χ0n) is 12.7. The molecule has 0 aliphatic heterocycles. The van der Waals surface area contributed by atoms with Gasteiger partial charge < -0.3 is 10.6 Å². The van der Waals surface area contributed by atoms with Crippen LogP contribution in [-0.4, -0.2) is 18.4 Å². The maximum atomic E-state index is 13.2. The normalized spacial score (nSPS) is 10.3. The number of nitrogens with one attached hydrogen (secondary N) is 2. The van der Waals surface area contributed by atoms with E-state index in [4.69, 9.17) is 11.6 Å². The fraction of sp³-hybridized carbons (Fsp3) is 0.176. The first-order valence-electron chi connectivity index (χ1n) is 6.97. The van der Waals surface area contributed by atoms with Crippen molar-refractivity contribution in [3.05, 3.63) is 63.9 Å². The minimum Gasteiger partial charge on any atom is -0.343 e.